The van der Waals surface area contributed by atoms with Gasteiger partial charge in [0.25, 0.3) is 0 Å². The van der Waals surface area contributed by atoms with Crippen LogP contribution in [-0.2, 0) is 7.05 Å². The van der Waals surface area contributed by atoms with Gasteiger partial charge in [-0.3, -0.25) is 10.5 Å². The van der Waals surface area contributed by atoms with Crippen molar-refractivity contribution >= 4 is 34.2 Å². The maximum absolute atomic E-state index is 6.01. The molecule has 17 heavy (non-hydrogen) atoms. The van der Waals surface area contributed by atoms with E-state index in [-0.39, 0.29) is 6.04 Å². The second-order valence-corrected chi connectivity index (χ2v) is 5.15. The fraction of sp³-hybridized carbons (Fsp3) is 0.200. The Hall–Kier alpha value is -0.700. The summed E-state index contributed by atoms with van der Waals surface area (Å²) < 4.78 is 2.76. The zero-order valence-corrected chi connectivity index (χ0v) is 12.0. The van der Waals surface area contributed by atoms with Gasteiger partial charge in [-0.05, 0) is 46.4 Å². The minimum Gasteiger partial charge on any atom is -0.271 e. The number of hydrazine groups is 1. The topological polar surface area (TPSA) is 68.8 Å². The fourth-order valence-electron chi connectivity index (χ4n) is 1.63. The molecule has 0 aliphatic heterocycles. The first-order chi connectivity index (χ1) is 8.13. The summed E-state index contributed by atoms with van der Waals surface area (Å²) in [5.41, 5.74) is 4.65. The van der Waals surface area contributed by atoms with Crippen LogP contribution in [0.5, 0.6) is 0 Å². The van der Waals surface area contributed by atoms with Crippen LogP contribution >= 0.6 is 34.2 Å². The predicted molar refractivity (Wildman–Crippen MR) is 74.3 cm³/mol. The van der Waals surface area contributed by atoms with Crippen LogP contribution in [0, 0.1) is 3.57 Å². The predicted octanol–water partition coefficient (Wildman–Crippen LogP) is 1.63. The SMILES string of the molecule is Cn1nncc1C(NN)c1cc(Cl)ccc1I. The second-order valence-electron chi connectivity index (χ2n) is 3.55. The van der Waals surface area contributed by atoms with Crippen LogP contribution in [0.15, 0.2) is 24.4 Å². The Bertz CT molecular complexity index is 527. The molecule has 1 heterocycles. The summed E-state index contributed by atoms with van der Waals surface area (Å²) in [7, 11) is 1.82. The minimum atomic E-state index is -0.180. The van der Waals surface area contributed by atoms with E-state index in [1.165, 1.54) is 0 Å². The molecule has 90 valence electrons. The third-order valence-corrected chi connectivity index (χ3v) is 3.70. The zero-order chi connectivity index (χ0) is 12.4. The van der Waals surface area contributed by atoms with Crippen LogP contribution in [0.3, 0.4) is 0 Å². The Morgan fingerprint density at radius 2 is 2.29 bits per heavy atom. The lowest BCUT2D eigenvalue weighted by Gasteiger charge is -2.17. The molecular weight excluding hydrogens is 353 g/mol. The molecule has 1 unspecified atom stereocenters. The first-order valence-electron chi connectivity index (χ1n) is 4.89. The molecule has 0 aliphatic rings. The van der Waals surface area contributed by atoms with E-state index < -0.39 is 0 Å². The Morgan fingerprint density at radius 1 is 1.53 bits per heavy atom. The van der Waals surface area contributed by atoms with E-state index in [4.69, 9.17) is 17.4 Å². The van der Waals surface area contributed by atoms with Gasteiger partial charge in [0.15, 0.2) is 0 Å². The van der Waals surface area contributed by atoms with E-state index in [9.17, 15) is 0 Å². The number of aromatic nitrogens is 3. The Kier molecular flexibility index (Phi) is 3.97. The molecule has 0 aliphatic carbocycles. The lowest BCUT2D eigenvalue weighted by molar-refractivity contribution is 0.568. The van der Waals surface area contributed by atoms with Crippen LogP contribution in [0.25, 0.3) is 0 Å². The number of aryl methyl sites for hydroxylation is 1. The molecule has 3 N–H and O–H groups in total. The van der Waals surface area contributed by atoms with Gasteiger partial charge in [0, 0.05) is 15.6 Å². The monoisotopic (exact) mass is 363 g/mol. The van der Waals surface area contributed by atoms with Crippen LogP contribution < -0.4 is 11.3 Å². The van der Waals surface area contributed by atoms with Gasteiger partial charge in [0.2, 0.25) is 0 Å². The molecule has 1 atom stereocenters. The first kappa shape index (κ1) is 12.7. The summed E-state index contributed by atoms with van der Waals surface area (Å²) in [6, 6.07) is 5.51. The molecule has 2 rings (SSSR count). The first-order valence-corrected chi connectivity index (χ1v) is 6.35. The Morgan fingerprint density at radius 3 is 2.88 bits per heavy atom. The van der Waals surface area contributed by atoms with Crippen molar-refractivity contribution in [3.05, 3.63) is 44.2 Å². The Labute approximate surface area is 117 Å². The minimum absolute atomic E-state index is 0.180. The molecule has 0 saturated carbocycles. The third-order valence-electron chi connectivity index (χ3n) is 2.48. The maximum atomic E-state index is 6.01. The van der Waals surface area contributed by atoms with Gasteiger partial charge in [-0.1, -0.05) is 16.8 Å². The van der Waals surface area contributed by atoms with E-state index in [1.807, 2.05) is 25.2 Å². The number of hydrogen-bond acceptors (Lipinski definition) is 4. The van der Waals surface area contributed by atoms with Crippen molar-refractivity contribution in [3.8, 4) is 0 Å². The van der Waals surface area contributed by atoms with Crippen molar-refractivity contribution in [2.75, 3.05) is 0 Å². The maximum Gasteiger partial charge on any atom is 0.0905 e. The van der Waals surface area contributed by atoms with Crippen molar-refractivity contribution in [2.24, 2.45) is 12.9 Å². The normalized spacial score (nSPS) is 12.7. The van der Waals surface area contributed by atoms with Gasteiger partial charge >= 0.3 is 0 Å². The molecule has 0 amide bonds. The molecule has 0 fully saturated rings. The van der Waals surface area contributed by atoms with Crippen molar-refractivity contribution < 1.29 is 0 Å². The van der Waals surface area contributed by atoms with Crippen LogP contribution in [-0.4, -0.2) is 15.0 Å². The summed E-state index contributed by atoms with van der Waals surface area (Å²) in [4.78, 5) is 0. The average molecular weight is 364 g/mol. The van der Waals surface area contributed by atoms with Crippen LogP contribution in [0.2, 0.25) is 5.02 Å². The van der Waals surface area contributed by atoms with Crippen LogP contribution in [0.4, 0.5) is 0 Å². The van der Waals surface area contributed by atoms with Gasteiger partial charge in [0.1, 0.15) is 0 Å². The number of benzene rings is 1. The van der Waals surface area contributed by atoms with E-state index in [0.29, 0.717) is 5.02 Å². The van der Waals surface area contributed by atoms with E-state index in [1.54, 1.807) is 10.9 Å². The van der Waals surface area contributed by atoms with Gasteiger partial charge in [-0.25, -0.2) is 5.43 Å². The summed E-state index contributed by atoms with van der Waals surface area (Å²) in [5.74, 6) is 5.62. The largest absolute Gasteiger partial charge is 0.271 e. The number of nitrogens with one attached hydrogen (secondary N) is 1. The number of hydrogen-bond donors (Lipinski definition) is 2. The molecule has 5 nitrogen and oxygen atoms in total. The number of nitrogens with zero attached hydrogens (tertiary/aromatic N) is 3. The number of rotatable bonds is 3. The smallest absolute Gasteiger partial charge is 0.0905 e. The number of nitrogens with two attached hydrogens (primary N) is 1. The van der Waals surface area contributed by atoms with Crippen molar-refractivity contribution in [2.45, 2.75) is 6.04 Å². The molecule has 7 heteroatoms. The highest BCUT2D eigenvalue weighted by atomic mass is 127. The standard InChI is InChI=1S/C10H11ClIN5/c1-17-9(5-14-16-17)10(15-13)7-4-6(11)2-3-8(7)12/h2-5,10,15H,13H2,1H3. The Balaban J connectivity index is 2.49. The molecule has 1 aromatic carbocycles. The highest BCUT2D eigenvalue weighted by molar-refractivity contribution is 14.1. The molecule has 0 bridgehead atoms. The van der Waals surface area contributed by atoms with Gasteiger partial charge in [-0.2, -0.15) is 0 Å². The van der Waals surface area contributed by atoms with Crippen molar-refractivity contribution in [1.82, 2.24) is 20.4 Å². The molecule has 0 saturated heterocycles. The highest BCUT2D eigenvalue weighted by Gasteiger charge is 2.19. The van der Waals surface area contributed by atoms with E-state index >= 15 is 0 Å². The summed E-state index contributed by atoms with van der Waals surface area (Å²) >= 11 is 8.26. The van der Waals surface area contributed by atoms with Crippen molar-refractivity contribution in [3.63, 3.8) is 0 Å². The lowest BCUT2D eigenvalue weighted by Crippen LogP contribution is -2.31. The lowest BCUT2D eigenvalue weighted by atomic mass is 10.1. The molecule has 0 radical (unpaired) electrons. The van der Waals surface area contributed by atoms with Gasteiger partial charge in [0.05, 0.1) is 17.9 Å². The molecule has 0 spiro atoms. The van der Waals surface area contributed by atoms with E-state index in [0.717, 1.165) is 14.8 Å². The van der Waals surface area contributed by atoms with Gasteiger partial charge < -0.3 is 0 Å². The summed E-state index contributed by atoms with van der Waals surface area (Å²) in [6.45, 7) is 0. The van der Waals surface area contributed by atoms with Crippen LogP contribution in [0.1, 0.15) is 17.3 Å². The zero-order valence-electron chi connectivity index (χ0n) is 9.06. The highest BCUT2D eigenvalue weighted by Crippen LogP contribution is 2.27. The molecule has 1 aromatic heterocycles. The molecule has 2 aromatic rings. The second kappa shape index (κ2) is 5.30. The van der Waals surface area contributed by atoms with Gasteiger partial charge in [-0.15, -0.1) is 5.10 Å². The van der Waals surface area contributed by atoms with E-state index in [2.05, 4.69) is 38.3 Å². The average Bonchev–Trinajstić information content (AvgIpc) is 2.71. The van der Waals surface area contributed by atoms with Crippen molar-refractivity contribution in [1.29, 1.82) is 0 Å². The number of halogens is 2. The summed E-state index contributed by atoms with van der Waals surface area (Å²) in [6.07, 6.45) is 1.68. The summed E-state index contributed by atoms with van der Waals surface area (Å²) in [5, 5.41) is 8.43. The molecular formula is C10H11ClIN5. The fourth-order valence-corrected chi connectivity index (χ4v) is 2.46. The third kappa shape index (κ3) is 2.59. The quantitative estimate of drug-likeness (QED) is 0.494.